The van der Waals surface area contributed by atoms with Crippen LogP contribution in [0.4, 0.5) is 8.78 Å². The van der Waals surface area contributed by atoms with E-state index in [0.29, 0.717) is 23.9 Å². The molecule has 0 saturated heterocycles. The van der Waals surface area contributed by atoms with E-state index >= 15 is 0 Å². The third-order valence-corrected chi connectivity index (χ3v) is 5.01. The summed E-state index contributed by atoms with van der Waals surface area (Å²) in [5.41, 5.74) is 1.27. The molecule has 1 atom stereocenters. The number of ether oxygens (including phenoxy) is 1. The van der Waals surface area contributed by atoms with Gasteiger partial charge in [0.1, 0.15) is 17.5 Å². The summed E-state index contributed by atoms with van der Waals surface area (Å²) in [6, 6.07) is 7.07. The summed E-state index contributed by atoms with van der Waals surface area (Å²) in [5, 5.41) is 12.1. The Labute approximate surface area is 157 Å². The van der Waals surface area contributed by atoms with Gasteiger partial charge in [0.15, 0.2) is 0 Å². The number of nitrogens with zero attached hydrogens (tertiary/aromatic N) is 4. The molecule has 0 saturated carbocycles. The third kappa shape index (κ3) is 3.62. The lowest BCUT2D eigenvalue weighted by Crippen LogP contribution is -2.11. The normalized spacial score (nSPS) is 12.6. The van der Waals surface area contributed by atoms with Crippen molar-refractivity contribution >= 4 is 15.9 Å². The second-order valence-electron chi connectivity index (χ2n) is 5.76. The zero-order valence-electron chi connectivity index (χ0n) is 14.4. The number of rotatable bonds is 6. The van der Waals surface area contributed by atoms with Crippen molar-refractivity contribution in [3.63, 3.8) is 0 Å². The molecule has 26 heavy (non-hydrogen) atoms. The maximum absolute atomic E-state index is 13.0. The van der Waals surface area contributed by atoms with E-state index in [1.807, 2.05) is 24.3 Å². The monoisotopic (exact) mass is 426 g/mol. The quantitative estimate of drug-likeness (QED) is 0.580. The Morgan fingerprint density at radius 3 is 2.50 bits per heavy atom. The lowest BCUT2D eigenvalue weighted by molar-refractivity contribution is 0.144. The second-order valence-corrected chi connectivity index (χ2v) is 6.56. The van der Waals surface area contributed by atoms with Crippen LogP contribution in [-0.4, -0.2) is 27.1 Å². The summed E-state index contributed by atoms with van der Waals surface area (Å²) in [6.07, 6.45) is -2.20. The number of hydrogen-bond acceptors (Lipinski definition) is 5. The topological polar surface area (TPSA) is 66.0 Å². The highest BCUT2D eigenvalue weighted by molar-refractivity contribution is 9.10. The Bertz CT molecular complexity index is 893. The van der Waals surface area contributed by atoms with Gasteiger partial charge >= 0.3 is 0 Å². The number of benzene rings is 1. The highest BCUT2D eigenvalue weighted by Crippen LogP contribution is 2.31. The van der Waals surface area contributed by atoms with Gasteiger partial charge in [0.05, 0.1) is 23.7 Å². The van der Waals surface area contributed by atoms with Crippen LogP contribution >= 0.6 is 15.9 Å². The maximum atomic E-state index is 13.0. The maximum Gasteiger partial charge on any atom is 0.283 e. The molecule has 0 radical (unpaired) electrons. The van der Waals surface area contributed by atoms with Gasteiger partial charge in [0.25, 0.3) is 6.43 Å². The van der Waals surface area contributed by atoms with E-state index in [9.17, 15) is 8.78 Å². The van der Waals surface area contributed by atoms with Crippen LogP contribution in [0.3, 0.4) is 0 Å². The van der Waals surface area contributed by atoms with Crippen LogP contribution in [-0.2, 0) is 6.42 Å². The van der Waals surface area contributed by atoms with Crippen molar-refractivity contribution < 1.29 is 17.9 Å². The Kier molecular flexibility index (Phi) is 5.36. The number of alkyl halides is 2. The highest BCUT2D eigenvalue weighted by Gasteiger charge is 2.25. The molecule has 3 rings (SSSR count). The van der Waals surface area contributed by atoms with Crippen LogP contribution in [0.2, 0.25) is 0 Å². The fraction of sp³-hybridized carbons (Fsp3) is 0.353. The molecule has 0 N–H and O–H groups in total. The summed E-state index contributed by atoms with van der Waals surface area (Å²) in [6.45, 7) is 3.47. The van der Waals surface area contributed by atoms with Gasteiger partial charge in [-0.25, -0.2) is 8.78 Å². The predicted octanol–water partition coefficient (Wildman–Crippen LogP) is 4.48. The molecule has 0 bridgehead atoms. The molecule has 3 aromatic rings. The number of hydrogen-bond donors (Lipinski definition) is 0. The van der Waals surface area contributed by atoms with Crippen LogP contribution in [0.25, 0.3) is 0 Å². The molecule has 9 heteroatoms. The van der Waals surface area contributed by atoms with E-state index < -0.39 is 12.5 Å². The standard InChI is InChI=1S/C17H17BrF2N4O2/c1-9-14(18)15(16(19)20)23-24(9)10(2)17-22-21-13(26-17)8-11-4-6-12(25-3)7-5-11/h4-7,10,16H,8H2,1-3H3/t10-/m0/s1. The Morgan fingerprint density at radius 1 is 1.23 bits per heavy atom. The first-order valence-corrected chi connectivity index (χ1v) is 8.67. The molecule has 6 nitrogen and oxygen atoms in total. The number of methoxy groups -OCH3 is 1. The van der Waals surface area contributed by atoms with Crippen molar-refractivity contribution in [1.82, 2.24) is 20.0 Å². The minimum Gasteiger partial charge on any atom is -0.497 e. The van der Waals surface area contributed by atoms with Crippen LogP contribution in [0.1, 0.15) is 48.1 Å². The zero-order chi connectivity index (χ0) is 18.8. The molecule has 0 spiro atoms. The van der Waals surface area contributed by atoms with Gasteiger partial charge in [-0.3, -0.25) is 4.68 Å². The minimum atomic E-state index is -2.66. The molecule has 138 valence electrons. The molecule has 0 aliphatic heterocycles. The molecule has 0 aliphatic rings. The van der Waals surface area contributed by atoms with Crippen LogP contribution < -0.4 is 4.74 Å². The van der Waals surface area contributed by atoms with E-state index in [1.165, 1.54) is 4.68 Å². The Morgan fingerprint density at radius 2 is 1.92 bits per heavy atom. The van der Waals surface area contributed by atoms with Crippen molar-refractivity contribution in [2.75, 3.05) is 7.11 Å². The summed E-state index contributed by atoms with van der Waals surface area (Å²) in [7, 11) is 1.61. The molecular weight excluding hydrogens is 410 g/mol. The molecule has 2 aromatic heterocycles. The lowest BCUT2D eigenvalue weighted by Gasteiger charge is -2.09. The first-order chi connectivity index (χ1) is 12.4. The second kappa shape index (κ2) is 7.53. The van der Waals surface area contributed by atoms with Crippen molar-refractivity contribution in [2.45, 2.75) is 32.7 Å². The molecule has 1 aromatic carbocycles. The van der Waals surface area contributed by atoms with Gasteiger partial charge in [-0.2, -0.15) is 5.10 Å². The minimum absolute atomic E-state index is 0.289. The number of aromatic nitrogens is 4. The lowest BCUT2D eigenvalue weighted by atomic mass is 10.1. The average Bonchev–Trinajstić information content (AvgIpc) is 3.21. The first-order valence-electron chi connectivity index (χ1n) is 7.88. The van der Waals surface area contributed by atoms with E-state index in [2.05, 4.69) is 31.2 Å². The largest absolute Gasteiger partial charge is 0.497 e. The van der Waals surface area contributed by atoms with Crippen molar-refractivity contribution in [2.24, 2.45) is 0 Å². The van der Waals surface area contributed by atoms with Crippen molar-refractivity contribution in [3.05, 3.63) is 57.5 Å². The number of halogens is 3. The third-order valence-electron chi connectivity index (χ3n) is 4.03. The Balaban J connectivity index is 1.79. The molecule has 0 fully saturated rings. The van der Waals surface area contributed by atoms with E-state index in [-0.39, 0.29) is 10.2 Å². The molecule has 2 heterocycles. The Hall–Kier alpha value is -2.29. The first kappa shape index (κ1) is 18.5. The predicted molar refractivity (Wildman–Crippen MR) is 93.5 cm³/mol. The van der Waals surface area contributed by atoms with Crippen molar-refractivity contribution in [3.8, 4) is 5.75 Å². The van der Waals surface area contributed by atoms with Crippen molar-refractivity contribution in [1.29, 1.82) is 0 Å². The fourth-order valence-corrected chi connectivity index (χ4v) is 3.00. The van der Waals surface area contributed by atoms with Gasteiger partial charge < -0.3 is 9.15 Å². The average molecular weight is 427 g/mol. The van der Waals surface area contributed by atoms with Crippen LogP contribution in [0.5, 0.6) is 5.75 Å². The fourth-order valence-electron chi connectivity index (χ4n) is 2.57. The molecule has 0 aliphatic carbocycles. The van der Waals surface area contributed by atoms with Gasteiger partial charge in [-0.1, -0.05) is 12.1 Å². The highest BCUT2D eigenvalue weighted by atomic mass is 79.9. The summed E-state index contributed by atoms with van der Waals surface area (Å²) in [5.74, 6) is 1.52. The van der Waals surface area contributed by atoms with Gasteiger partial charge in [0, 0.05) is 0 Å². The van der Waals surface area contributed by atoms with Gasteiger partial charge in [-0.15, -0.1) is 10.2 Å². The van der Waals surface area contributed by atoms with E-state index in [0.717, 1.165) is 11.3 Å². The van der Waals surface area contributed by atoms with E-state index in [1.54, 1.807) is 21.0 Å². The van der Waals surface area contributed by atoms with Crippen LogP contribution in [0.15, 0.2) is 33.2 Å². The van der Waals surface area contributed by atoms with Gasteiger partial charge in [0.2, 0.25) is 11.8 Å². The molecule has 0 unspecified atom stereocenters. The smallest absolute Gasteiger partial charge is 0.283 e. The summed E-state index contributed by atoms with van der Waals surface area (Å²) >= 11 is 3.16. The van der Waals surface area contributed by atoms with Gasteiger partial charge in [-0.05, 0) is 47.5 Å². The van der Waals surface area contributed by atoms with E-state index in [4.69, 9.17) is 9.15 Å². The van der Waals surface area contributed by atoms with Crippen LogP contribution in [0, 0.1) is 6.92 Å². The zero-order valence-corrected chi connectivity index (χ0v) is 16.0. The molecule has 0 amide bonds. The molecular formula is C17H17BrF2N4O2. The summed E-state index contributed by atoms with van der Waals surface area (Å²) < 4.78 is 38.6. The summed E-state index contributed by atoms with van der Waals surface area (Å²) in [4.78, 5) is 0. The SMILES string of the molecule is COc1ccc(Cc2nnc([C@H](C)n3nc(C(F)F)c(Br)c3C)o2)cc1.